The average molecular weight is 345 g/mol. The molecule has 128 valence electrons. The lowest BCUT2D eigenvalue weighted by atomic mass is 10.0. The molecule has 0 saturated heterocycles. The van der Waals surface area contributed by atoms with Crippen molar-refractivity contribution in [3.8, 4) is 0 Å². The van der Waals surface area contributed by atoms with Gasteiger partial charge in [0.25, 0.3) is 0 Å². The number of benzene rings is 1. The predicted octanol–water partition coefficient (Wildman–Crippen LogP) is 3.29. The van der Waals surface area contributed by atoms with E-state index in [1.807, 2.05) is 36.6 Å². The highest BCUT2D eigenvalue weighted by Crippen LogP contribution is 2.22. The van der Waals surface area contributed by atoms with E-state index in [9.17, 15) is 9.59 Å². The molecule has 2 unspecified atom stereocenters. The Morgan fingerprint density at radius 1 is 1.17 bits per heavy atom. The third-order valence-corrected chi connectivity index (χ3v) is 4.84. The van der Waals surface area contributed by atoms with Crippen LogP contribution in [0.15, 0.2) is 41.8 Å². The van der Waals surface area contributed by atoms with Crippen molar-refractivity contribution >= 4 is 23.3 Å². The van der Waals surface area contributed by atoms with Crippen molar-refractivity contribution in [2.24, 2.45) is 5.73 Å². The second-order valence-corrected chi connectivity index (χ2v) is 6.64. The van der Waals surface area contributed by atoms with Gasteiger partial charge in [-0.05, 0) is 35.9 Å². The molecule has 1 aromatic carbocycles. The van der Waals surface area contributed by atoms with Gasteiger partial charge in [-0.15, -0.1) is 11.3 Å². The monoisotopic (exact) mass is 345 g/mol. The first-order valence-corrected chi connectivity index (χ1v) is 8.85. The molecule has 6 heteroatoms. The van der Waals surface area contributed by atoms with Gasteiger partial charge in [0.15, 0.2) is 0 Å². The Morgan fingerprint density at radius 3 is 2.42 bits per heavy atom. The molecular formula is C18H23N3O2S. The summed E-state index contributed by atoms with van der Waals surface area (Å²) in [4.78, 5) is 24.4. The van der Waals surface area contributed by atoms with Crippen molar-refractivity contribution in [1.82, 2.24) is 10.6 Å². The van der Waals surface area contributed by atoms with Crippen molar-refractivity contribution in [3.63, 3.8) is 0 Å². The molecule has 24 heavy (non-hydrogen) atoms. The molecule has 3 amide bonds. The number of nitrogens with two attached hydrogens (primary N) is 1. The number of nitrogens with one attached hydrogen (secondary N) is 2. The van der Waals surface area contributed by atoms with Crippen molar-refractivity contribution in [2.45, 2.75) is 38.8 Å². The van der Waals surface area contributed by atoms with Gasteiger partial charge < -0.3 is 16.4 Å². The van der Waals surface area contributed by atoms with Crippen LogP contribution >= 0.6 is 11.3 Å². The summed E-state index contributed by atoms with van der Waals surface area (Å²) in [6, 6.07) is 10.8. The molecule has 0 fully saturated rings. The molecule has 0 spiro atoms. The first-order chi connectivity index (χ1) is 11.5. The minimum absolute atomic E-state index is 0.0963. The second-order valence-electron chi connectivity index (χ2n) is 5.67. The topological polar surface area (TPSA) is 84.2 Å². The fourth-order valence-corrected chi connectivity index (χ4v) is 3.27. The molecule has 2 rings (SSSR count). The molecule has 1 aromatic heterocycles. The SMILES string of the molecule is CCc1ccc(C(C)NC(=O)CC(NC(N)=O)c2cccs2)cc1. The summed E-state index contributed by atoms with van der Waals surface area (Å²) in [5.41, 5.74) is 7.53. The first kappa shape index (κ1) is 18.0. The minimum Gasteiger partial charge on any atom is -0.352 e. The Hall–Kier alpha value is -2.34. The van der Waals surface area contributed by atoms with Gasteiger partial charge in [0.2, 0.25) is 5.91 Å². The summed E-state index contributed by atoms with van der Waals surface area (Å²) >= 11 is 1.48. The van der Waals surface area contributed by atoms with E-state index in [0.29, 0.717) is 0 Å². The molecule has 2 atom stereocenters. The third-order valence-electron chi connectivity index (χ3n) is 3.86. The average Bonchev–Trinajstić information content (AvgIpc) is 3.08. The number of hydrogen-bond acceptors (Lipinski definition) is 3. The van der Waals surface area contributed by atoms with Crippen molar-refractivity contribution in [1.29, 1.82) is 0 Å². The zero-order valence-electron chi connectivity index (χ0n) is 13.9. The summed E-state index contributed by atoms with van der Waals surface area (Å²) in [5, 5.41) is 7.51. The molecule has 0 radical (unpaired) electrons. The first-order valence-electron chi connectivity index (χ1n) is 7.97. The number of carbonyl (C=O) groups is 2. The number of rotatable bonds is 7. The van der Waals surface area contributed by atoms with E-state index in [0.717, 1.165) is 16.9 Å². The number of hydrogen-bond donors (Lipinski definition) is 3. The highest BCUT2D eigenvalue weighted by Gasteiger charge is 2.19. The van der Waals surface area contributed by atoms with Crippen LogP contribution in [-0.2, 0) is 11.2 Å². The lowest BCUT2D eigenvalue weighted by Crippen LogP contribution is -2.36. The Kier molecular flexibility index (Phi) is 6.37. The molecule has 4 N–H and O–H groups in total. The maximum atomic E-state index is 12.3. The van der Waals surface area contributed by atoms with Crippen LogP contribution in [0.2, 0.25) is 0 Å². The smallest absolute Gasteiger partial charge is 0.312 e. The van der Waals surface area contributed by atoms with Gasteiger partial charge in [0, 0.05) is 4.88 Å². The molecule has 0 bridgehead atoms. The largest absolute Gasteiger partial charge is 0.352 e. The number of urea groups is 1. The van der Waals surface area contributed by atoms with Crippen molar-refractivity contribution in [3.05, 3.63) is 57.8 Å². The number of carbonyl (C=O) groups excluding carboxylic acids is 2. The van der Waals surface area contributed by atoms with E-state index in [-0.39, 0.29) is 18.4 Å². The van der Waals surface area contributed by atoms with Gasteiger partial charge in [-0.25, -0.2) is 4.79 Å². The van der Waals surface area contributed by atoms with E-state index < -0.39 is 12.1 Å². The molecule has 1 heterocycles. The molecule has 0 saturated carbocycles. The van der Waals surface area contributed by atoms with Crippen LogP contribution in [0.3, 0.4) is 0 Å². The number of aryl methyl sites for hydroxylation is 1. The highest BCUT2D eigenvalue weighted by atomic mass is 32.1. The van der Waals surface area contributed by atoms with Crippen LogP contribution in [0.25, 0.3) is 0 Å². The van der Waals surface area contributed by atoms with Crippen LogP contribution in [0.4, 0.5) is 4.79 Å². The molecule has 0 aliphatic heterocycles. The van der Waals surface area contributed by atoms with Gasteiger partial charge in [0.05, 0.1) is 18.5 Å². The van der Waals surface area contributed by atoms with E-state index in [1.165, 1.54) is 16.9 Å². The Morgan fingerprint density at radius 2 is 1.88 bits per heavy atom. The van der Waals surface area contributed by atoms with Gasteiger partial charge in [-0.3, -0.25) is 4.79 Å². The van der Waals surface area contributed by atoms with Crippen LogP contribution in [0.5, 0.6) is 0 Å². The minimum atomic E-state index is -0.635. The second kappa shape index (κ2) is 8.49. The standard InChI is InChI=1S/C18H23N3O2S/c1-3-13-6-8-14(9-7-13)12(2)20-17(22)11-15(21-18(19)23)16-5-4-10-24-16/h4-10,12,15H,3,11H2,1-2H3,(H,20,22)(H3,19,21,23). The van der Waals surface area contributed by atoms with Crippen LogP contribution < -0.4 is 16.4 Å². The molecule has 2 aromatic rings. The van der Waals surface area contributed by atoms with Gasteiger partial charge in [0.1, 0.15) is 0 Å². The zero-order valence-corrected chi connectivity index (χ0v) is 14.7. The highest BCUT2D eigenvalue weighted by molar-refractivity contribution is 7.10. The molecule has 0 aliphatic carbocycles. The van der Waals surface area contributed by atoms with E-state index in [4.69, 9.17) is 5.73 Å². The van der Waals surface area contributed by atoms with Gasteiger partial charge in [-0.1, -0.05) is 37.3 Å². The molecule has 5 nitrogen and oxygen atoms in total. The van der Waals surface area contributed by atoms with Crippen LogP contribution in [0.1, 0.15) is 48.4 Å². The van der Waals surface area contributed by atoms with Crippen LogP contribution in [0, 0.1) is 0 Å². The fraction of sp³-hybridized carbons (Fsp3) is 0.333. The third kappa shape index (κ3) is 5.09. The summed E-state index contributed by atoms with van der Waals surface area (Å²) in [7, 11) is 0. The van der Waals surface area contributed by atoms with Gasteiger partial charge in [-0.2, -0.15) is 0 Å². The summed E-state index contributed by atoms with van der Waals surface area (Å²) < 4.78 is 0. The van der Waals surface area contributed by atoms with Gasteiger partial charge >= 0.3 is 6.03 Å². The van der Waals surface area contributed by atoms with Crippen molar-refractivity contribution in [2.75, 3.05) is 0 Å². The number of amides is 3. The number of thiophene rings is 1. The van der Waals surface area contributed by atoms with E-state index >= 15 is 0 Å². The Labute approximate surface area is 146 Å². The fourth-order valence-electron chi connectivity index (χ4n) is 2.50. The summed E-state index contributed by atoms with van der Waals surface area (Å²) in [5.74, 6) is -0.130. The van der Waals surface area contributed by atoms with E-state index in [2.05, 4.69) is 29.7 Å². The van der Waals surface area contributed by atoms with Crippen molar-refractivity contribution < 1.29 is 9.59 Å². The normalized spacial score (nSPS) is 13.1. The Balaban J connectivity index is 1.97. The maximum Gasteiger partial charge on any atom is 0.312 e. The maximum absolute atomic E-state index is 12.3. The number of primary amides is 1. The predicted molar refractivity (Wildman–Crippen MR) is 96.8 cm³/mol. The summed E-state index contributed by atoms with van der Waals surface area (Å²) in [6.45, 7) is 4.05. The summed E-state index contributed by atoms with van der Waals surface area (Å²) in [6.07, 6.45) is 1.14. The van der Waals surface area contributed by atoms with Crippen LogP contribution in [-0.4, -0.2) is 11.9 Å². The Bertz CT molecular complexity index is 668. The van der Waals surface area contributed by atoms with E-state index in [1.54, 1.807) is 0 Å². The lowest BCUT2D eigenvalue weighted by molar-refractivity contribution is -0.122. The molecular weight excluding hydrogens is 322 g/mol. The lowest BCUT2D eigenvalue weighted by Gasteiger charge is -2.19. The zero-order chi connectivity index (χ0) is 17.5. The molecule has 0 aliphatic rings. The quantitative estimate of drug-likeness (QED) is 0.719.